The van der Waals surface area contributed by atoms with Crippen LogP contribution in [-0.2, 0) is 14.3 Å². The van der Waals surface area contributed by atoms with E-state index >= 15 is 0 Å². The molecule has 8 nitrogen and oxygen atoms in total. The van der Waals surface area contributed by atoms with Crippen LogP contribution in [0.1, 0.15) is 22.5 Å². The van der Waals surface area contributed by atoms with Gasteiger partial charge in [-0.1, -0.05) is 11.6 Å². The Hall–Kier alpha value is -2.53. The Labute approximate surface area is 198 Å². The molecule has 1 saturated heterocycles. The summed E-state index contributed by atoms with van der Waals surface area (Å²) in [4.78, 5) is 38.7. The van der Waals surface area contributed by atoms with Crippen molar-refractivity contribution in [1.29, 1.82) is 0 Å². The molecule has 1 aromatic heterocycles. The quantitative estimate of drug-likeness (QED) is 0.571. The van der Waals surface area contributed by atoms with Crippen LogP contribution in [0, 0.1) is 17.7 Å². The summed E-state index contributed by atoms with van der Waals surface area (Å²) in [6, 6.07) is 7.45. The molecule has 2 fully saturated rings. The number of rotatable bonds is 6. The first-order valence-corrected chi connectivity index (χ1v) is 11.7. The van der Waals surface area contributed by atoms with E-state index in [1.54, 1.807) is 18.2 Å². The van der Waals surface area contributed by atoms with Crippen LogP contribution in [0.5, 0.6) is 0 Å². The van der Waals surface area contributed by atoms with Crippen LogP contribution < -0.4 is 15.5 Å². The van der Waals surface area contributed by atoms with Gasteiger partial charge in [0.25, 0.3) is 11.8 Å². The van der Waals surface area contributed by atoms with Crippen molar-refractivity contribution in [2.24, 2.45) is 11.8 Å². The molecule has 1 aliphatic heterocycles. The fourth-order valence-corrected chi connectivity index (χ4v) is 5.04. The van der Waals surface area contributed by atoms with Gasteiger partial charge >= 0.3 is 0 Å². The van der Waals surface area contributed by atoms with Crippen molar-refractivity contribution in [3.63, 3.8) is 0 Å². The average Bonchev–Trinajstić information content (AvgIpc) is 3.39. The highest BCUT2D eigenvalue weighted by Gasteiger charge is 2.37. The third-order valence-corrected chi connectivity index (χ3v) is 7.09. The Morgan fingerprint density at radius 2 is 2.09 bits per heavy atom. The molecular weight excluding hydrogens is 473 g/mol. The van der Waals surface area contributed by atoms with Gasteiger partial charge < -0.3 is 25.4 Å². The number of halogens is 2. The first-order valence-electron chi connectivity index (χ1n) is 10.5. The Balaban J connectivity index is 1.32. The van der Waals surface area contributed by atoms with Crippen molar-refractivity contribution in [3.05, 3.63) is 45.4 Å². The van der Waals surface area contributed by atoms with Gasteiger partial charge in [-0.15, -0.1) is 11.3 Å². The van der Waals surface area contributed by atoms with Crippen molar-refractivity contribution in [3.8, 4) is 0 Å². The lowest BCUT2D eigenvalue weighted by Crippen LogP contribution is -2.41. The third kappa shape index (κ3) is 5.52. The van der Waals surface area contributed by atoms with Crippen LogP contribution in [0.2, 0.25) is 4.34 Å². The summed E-state index contributed by atoms with van der Waals surface area (Å²) in [7, 11) is 0. The average molecular weight is 496 g/mol. The molecule has 33 heavy (non-hydrogen) atoms. The first-order chi connectivity index (χ1) is 15.8. The standard InChI is InChI=1S/C22H23ClFN3O5S/c23-19-4-3-18(33-19)22(31)25-10-13-7-12(8-17(13)28)21(30)26-16-2-1-14(9-15(16)24)27-5-6-32-11-20(27)29/h1-4,9,12-13,17,28H,5-8,10-11H2,(H,25,31)(H,26,30). The van der Waals surface area contributed by atoms with Crippen LogP contribution >= 0.6 is 22.9 Å². The molecule has 4 rings (SSSR count). The predicted molar refractivity (Wildman–Crippen MR) is 122 cm³/mol. The van der Waals surface area contributed by atoms with E-state index in [2.05, 4.69) is 10.6 Å². The van der Waals surface area contributed by atoms with E-state index in [0.29, 0.717) is 34.5 Å². The second kappa shape index (κ2) is 10.2. The SMILES string of the molecule is O=C(NCC1CC(C(=O)Nc2ccc(N3CCOCC3=O)cc2F)CC1O)c1ccc(Cl)s1. The fraction of sp³-hybridized carbons (Fsp3) is 0.409. The Morgan fingerprint density at radius 1 is 1.27 bits per heavy atom. The van der Waals surface area contributed by atoms with Crippen molar-refractivity contribution < 1.29 is 28.6 Å². The molecule has 0 radical (unpaired) electrons. The molecule has 3 N–H and O–H groups in total. The highest BCUT2D eigenvalue weighted by Crippen LogP contribution is 2.33. The highest BCUT2D eigenvalue weighted by molar-refractivity contribution is 7.18. The maximum atomic E-state index is 14.6. The number of carbonyl (C=O) groups excluding carboxylic acids is 3. The second-order valence-corrected chi connectivity index (χ2v) is 9.78. The predicted octanol–water partition coefficient (Wildman–Crippen LogP) is 2.66. The molecule has 3 amide bonds. The number of benzene rings is 1. The molecule has 3 atom stereocenters. The molecule has 1 aliphatic carbocycles. The van der Waals surface area contributed by atoms with Crippen molar-refractivity contribution in [1.82, 2.24) is 5.32 Å². The molecular formula is C22H23ClFN3O5S. The zero-order chi connectivity index (χ0) is 23.5. The van der Waals surface area contributed by atoms with E-state index in [-0.39, 0.29) is 43.0 Å². The molecule has 176 valence electrons. The summed E-state index contributed by atoms with van der Waals surface area (Å²) in [5, 5.41) is 15.7. The van der Waals surface area contributed by atoms with E-state index in [0.717, 1.165) is 11.3 Å². The molecule has 2 aliphatic rings. The van der Waals surface area contributed by atoms with Gasteiger partial charge in [0.2, 0.25) is 5.91 Å². The van der Waals surface area contributed by atoms with Crippen molar-refractivity contribution >= 4 is 52.0 Å². The number of ether oxygens (including phenoxy) is 1. The highest BCUT2D eigenvalue weighted by atomic mass is 35.5. The first kappa shape index (κ1) is 23.6. The number of morpholine rings is 1. The minimum atomic E-state index is -0.757. The summed E-state index contributed by atoms with van der Waals surface area (Å²) in [6.07, 6.45) is -0.174. The zero-order valence-electron chi connectivity index (χ0n) is 17.6. The summed E-state index contributed by atoms with van der Waals surface area (Å²) >= 11 is 7.01. The minimum Gasteiger partial charge on any atom is -0.393 e. The number of hydrogen-bond acceptors (Lipinski definition) is 6. The normalized spacial score (nSPS) is 22.9. The minimum absolute atomic E-state index is 0.00488. The Kier molecular flexibility index (Phi) is 7.28. The van der Waals surface area contributed by atoms with Crippen molar-refractivity contribution in [2.75, 3.05) is 36.5 Å². The number of amides is 3. The molecule has 2 heterocycles. The van der Waals surface area contributed by atoms with E-state index in [9.17, 15) is 23.9 Å². The molecule has 0 bridgehead atoms. The number of thiophene rings is 1. The largest absolute Gasteiger partial charge is 0.393 e. The number of nitrogens with zero attached hydrogens (tertiary/aromatic N) is 1. The summed E-state index contributed by atoms with van der Waals surface area (Å²) in [5.74, 6) is -2.40. The van der Waals surface area contributed by atoms with Gasteiger partial charge in [0.15, 0.2) is 0 Å². The smallest absolute Gasteiger partial charge is 0.261 e. The van der Waals surface area contributed by atoms with Crippen LogP contribution in [0.25, 0.3) is 0 Å². The van der Waals surface area contributed by atoms with Crippen LogP contribution in [0.15, 0.2) is 30.3 Å². The number of anilines is 2. The number of nitrogens with one attached hydrogen (secondary N) is 2. The molecule has 0 spiro atoms. The van der Waals surface area contributed by atoms with Gasteiger partial charge in [-0.25, -0.2) is 4.39 Å². The number of aliphatic hydroxyl groups excluding tert-OH is 1. The lowest BCUT2D eigenvalue weighted by molar-refractivity contribution is -0.125. The maximum absolute atomic E-state index is 14.6. The Morgan fingerprint density at radius 3 is 2.79 bits per heavy atom. The molecule has 3 unspecified atom stereocenters. The number of hydrogen-bond donors (Lipinski definition) is 3. The number of aliphatic hydroxyl groups is 1. The lowest BCUT2D eigenvalue weighted by Gasteiger charge is -2.27. The second-order valence-electron chi connectivity index (χ2n) is 8.06. The van der Waals surface area contributed by atoms with E-state index in [1.165, 1.54) is 17.0 Å². The molecule has 11 heteroatoms. The fourth-order valence-electron chi connectivity index (χ4n) is 4.08. The summed E-state index contributed by atoms with van der Waals surface area (Å²) in [6.45, 7) is 0.878. The molecule has 1 saturated carbocycles. The van der Waals surface area contributed by atoms with Crippen LogP contribution in [0.4, 0.5) is 15.8 Å². The third-order valence-electron chi connectivity index (χ3n) is 5.86. The molecule has 2 aromatic rings. The van der Waals surface area contributed by atoms with Gasteiger partial charge in [-0.3, -0.25) is 14.4 Å². The van der Waals surface area contributed by atoms with Gasteiger partial charge in [0, 0.05) is 30.6 Å². The van der Waals surface area contributed by atoms with Gasteiger partial charge in [-0.05, 0) is 43.2 Å². The summed E-state index contributed by atoms with van der Waals surface area (Å²) < 4.78 is 20.2. The van der Waals surface area contributed by atoms with Crippen molar-refractivity contribution in [2.45, 2.75) is 18.9 Å². The van der Waals surface area contributed by atoms with Crippen LogP contribution in [0.3, 0.4) is 0 Å². The van der Waals surface area contributed by atoms with E-state index < -0.39 is 23.7 Å². The van der Waals surface area contributed by atoms with Gasteiger partial charge in [-0.2, -0.15) is 0 Å². The number of carbonyl (C=O) groups is 3. The monoisotopic (exact) mass is 495 g/mol. The van der Waals surface area contributed by atoms with E-state index in [4.69, 9.17) is 16.3 Å². The van der Waals surface area contributed by atoms with Gasteiger partial charge in [0.1, 0.15) is 12.4 Å². The zero-order valence-corrected chi connectivity index (χ0v) is 19.1. The van der Waals surface area contributed by atoms with Crippen LogP contribution in [-0.4, -0.2) is 55.2 Å². The maximum Gasteiger partial charge on any atom is 0.261 e. The summed E-state index contributed by atoms with van der Waals surface area (Å²) in [5.41, 5.74) is 0.406. The van der Waals surface area contributed by atoms with Gasteiger partial charge in [0.05, 0.1) is 27.6 Å². The topological polar surface area (TPSA) is 108 Å². The molecule has 1 aromatic carbocycles. The lowest BCUT2D eigenvalue weighted by atomic mass is 10.0. The van der Waals surface area contributed by atoms with E-state index in [1.807, 2.05) is 0 Å². The Bertz CT molecular complexity index is 1060.